The number of aryl methyl sites for hydroxylation is 2. The maximum absolute atomic E-state index is 9.94. The van der Waals surface area contributed by atoms with Crippen LogP contribution in [0.1, 0.15) is 40.9 Å². The molecule has 1 aromatic carbocycles. The fourth-order valence-corrected chi connectivity index (χ4v) is 4.43. The maximum atomic E-state index is 9.94. The Morgan fingerprint density at radius 2 is 2.19 bits per heavy atom. The molecule has 0 spiro atoms. The molecule has 0 saturated carbocycles. The van der Waals surface area contributed by atoms with Crippen molar-refractivity contribution in [1.29, 1.82) is 0 Å². The van der Waals surface area contributed by atoms with Crippen molar-refractivity contribution >= 4 is 17.3 Å². The van der Waals surface area contributed by atoms with Crippen LogP contribution in [0.25, 0.3) is 0 Å². The van der Waals surface area contributed by atoms with E-state index in [1.54, 1.807) is 19.2 Å². The molecular weight excluding hydrogens is 360 g/mol. The zero-order valence-electron chi connectivity index (χ0n) is 16.3. The Kier molecular flexibility index (Phi) is 6.55. The molecule has 0 unspecified atom stereocenters. The van der Waals surface area contributed by atoms with Gasteiger partial charge < -0.3 is 20.1 Å². The number of phenols is 1. The van der Waals surface area contributed by atoms with Gasteiger partial charge >= 0.3 is 0 Å². The van der Waals surface area contributed by atoms with Crippen LogP contribution in [-0.2, 0) is 25.9 Å². The number of nitrogens with zero attached hydrogens (tertiary/aromatic N) is 3. The number of aromatic hydroxyl groups is 1. The molecule has 1 heterocycles. The highest BCUT2D eigenvalue weighted by Gasteiger charge is 2.17. The number of rotatable bonds is 6. The van der Waals surface area contributed by atoms with Gasteiger partial charge in [-0.25, -0.2) is 9.98 Å². The average Bonchev–Trinajstić information content (AvgIpc) is 3.07. The van der Waals surface area contributed by atoms with E-state index in [2.05, 4.69) is 17.1 Å². The summed E-state index contributed by atoms with van der Waals surface area (Å²) in [7, 11) is 3.58. The predicted octanol–water partition coefficient (Wildman–Crippen LogP) is 3.33. The summed E-state index contributed by atoms with van der Waals surface area (Å²) in [4.78, 5) is 13.1. The number of nitrogens with one attached hydrogen (secondary N) is 1. The molecule has 1 aromatic heterocycles. The molecule has 0 atom stereocenters. The SMILES string of the molecule is CCNC(=NCc1ccc(OC)c(O)c1)N(C)Cc1nc2c(s1)CCCC2. The molecule has 27 heavy (non-hydrogen) atoms. The van der Waals surface area contributed by atoms with E-state index in [0.717, 1.165) is 36.0 Å². The molecule has 0 amide bonds. The molecule has 7 heteroatoms. The number of hydrogen-bond donors (Lipinski definition) is 2. The van der Waals surface area contributed by atoms with Crippen molar-refractivity contribution in [1.82, 2.24) is 15.2 Å². The molecule has 6 nitrogen and oxygen atoms in total. The summed E-state index contributed by atoms with van der Waals surface area (Å²) in [5.41, 5.74) is 2.23. The first-order valence-corrected chi connectivity index (χ1v) is 10.2. The second kappa shape index (κ2) is 9.08. The predicted molar refractivity (Wildman–Crippen MR) is 110 cm³/mol. The minimum Gasteiger partial charge on any atom is -0.504 e. The molecule has 0 bridgehead atoms. The first-order valence-electron chi connectivity index (χ1n) is 9.43. The smallest absolute Gasteiger partial charge is 0.194 e. The van der Waals surface area contributed by atoms with Gasteiger partial charge in [-0.2, -0.15) is 0 Å². The van der Waals surface area contributed by atoms with Crippen LogP contribution in [0.5, 0.6) is 11.5 Å². The molecule has 0 fully saturated rings. The monoisotopic (exact) mass is 388 g/mol. The van der Waals surface area contributed by atoms with E-state index >= 15 is 0 Å². The van der Waals surface area contributed by atoms with Gasteiger partial charge in [-0.15, -0.1) is 11.3 Å². The van der Waals surface area contributed by atoms with E-state index in [-0.39, 0.29) is 5.75 Å². The second-order valence-corrected chi connectivity index (χ2v) is 7.89. The highest BCUT2D eigenvalue weighted by Crippen LogP contribution is 2.28. The standard InChI is InChI=1S/C20H28N4O2S/c1-4-21-20(22-12-14-9-10-17(26-3)16(25)11-14)24(2)13-19-23-15-7-5-6-8-18(15)27-19/h9-11,25H,4-8,12-13H2,1-3H3,(H,21,22). The summed E-state index contributed by atoms with van der Waals surface area (Å²) in [5.74, 6) is 1.44. The number of aliphatic imine (C=N–C) groups is 1. The lowest BCUT2D eigenvalue weighted by atomic mass is 10.0. The molecule has 3 rings (SSSR count). The van der Waals surface area contributed by atoms with Crippen molar-refractivity contribution in [2.45, 2.75) is 45.7 Å². The van der Waals surface area contributed by atoms with E-state index in [1.165, 1.54) is 29.8 Å². The van der Waals surface area contributed by atoms with Crippen LogP contribution in [0, 0.1) is 0 Å². The zero-order chi connectivity index (χ0) is 19.2. The summed E-state index contributed by atoms with van der Waals surface area (Å²) >= 11 is 1.84. The number of benzene rings is 1. The largest absolute Gasteiger partial charge is 0.504 e. The fourth-order valence-electron chi connectivity index (χ4n) is 3.22. The lowest BCUT2D eigenvalue weighted by Gasteiger charge is -2.21. The van der Waals surface area contributed by atoms with Gasteiger partial charge in [-0.1, -0.05) is 6.07 Å². The van der Waals surface area contributed by atoms with E-state index in [1.807, 2.05) is 24.5 Å². The Bertz CT molecular complexity index is 780. The number of aromatic nitrogens is 1. The molecule has 0 saturated heterocycles. The molecule has 146 valence electrons. The van der Waals surface area contributed by atoms with Crippen molar-refractivity contribution in [2.75, 3.05) is 20.7 Å². The molecule has 0 radical (unpaired) electrons. The number of hydrogen-bond acceptors (Lipinski definition) is 5. The van der Waals surface area contributed by atoms with Gasteiger partial charge in [0.2, 0.25) is 0 Å². The molecule has 0 aliphatic heterocycles. The highest BCUT2D eigenvalue weighted by molar-refractivity contribution is 7.11. The number of fused-ring (bicyclic) bond motifs is 1. The summed E-state index contributed by atoms with van der Waals surface area (Å²) in [6, 6.07) is 5.37. The Balaban J connectivity index is 1.68. The van der Waals surface area contributed by atoms with Crippen LogP contribution < -0.4 is 10.1 Å². The van der Waals surface area contributed by atoms with Gasteiger partial charge in [-0.05, 0) is 50.3 Å². The first-order chi connectivity index (χ1) is 13.1. The van der Waals surface area contributed by atoms with E-state index in [9.17, 15) is 5.11 Å². The lowest BCUT2D eigenvalue weighted by molar-refractivity contribution is 0.373. The zero-order valence-corrected chi connectivity index (χ0v) is 17.1. The van der Waals surface area contributed by atoms with Crippen LogP contribution in [0.15, 0.2) is 23.2 Å². The third-order valence-electron chi connectivity index (χ3n) is 4.61. The Labute approximate surface area is 164 Å². The third kappa shape index (κ3) is 4.91. The van der Waals surface area contributed by atoms with Crippen molar-refractivity contribution in [3.8, 4) is 11.5 Å². The lowest BCUT2D eigenvalue weighted by Crippen LogP contribution is -2.38. The third-order valence-corrected chi connectivity index (χ3v) is 5.76. The number of thiazole rings is 1. The summed E-state index contributed by atoms with van der Waals surface area (Å²) in [6.45, 7) is 4.09. The van der Waals surface area contributed by atoms with Crippen molar-refractivity contribution in [2.24, 2.45) is 4.99 Å². The summed E-state index contributed by atoms with van der Waals surface area (Å²) < 4.78 is 5.09. The molecule has 1 aliphatic carbocycles. The van der Waals surface area contributed by atoms with Gasteiger partial charge in [0.05, 0.1) is 25.9 Å². The van der Waals surface area contributed by atoms with Crippen molar-refractivity contribution in [3.63, 3.8) is 0 Å². The Morgan fingerprint density at radius 1 is 1.37 bits per heavy atom. The normalized spacial score (nSPS) is 14.0. The van der Waals surface area contributed by atoms with Gasteiger partial charge in [0.25, 0.3) is 0 Å². The topological polar surface area (TPSA) is 70.0 Å². The summed E-state index contributed by atoms with van der Waals surface area (Å²) in [6.07, 6.45) is 4.82. The average molecular weight is 389 g/mol. The number of guanidine groups is 1. The number of ether oxygens (including phenoxy) is 1. The Hall–Kier alpha value is -2.28. The van der Waals surface area contributed by atoms with E-state index in [4.69, 9.17) is 14.7 Å². The van der Waals surface area contributed by atoms with Crippen LogP contribution in [0.3, 0.4) is 0 Å². The van der Waals surface area contributed by atoms with E-state index < -0.39 is 0 Å². The quantitative estimate of drug-likeness (QED) is 0.587. The minimum absolute atomic E-state index is 0.136. The van der Waals surface area contributed by atoms with E-state index in [0.29, 0.717) is 12.3 Å². The van der Waals surface area contributed by atoms with Crippen LogP contribution in [0.2, 0.25) is 0 Å². The number of methoxy groups -OCH3 is 1. The molecule has 2 aromatic rings. The van der Waals surface area contributed by atoms with Crippen molar-refractivity contribution < 1.29 is 9.84 Å². The molecular formula is C20H28N4O2S. The first kappa shape index (κ1) is 19.5. The van der Waals surface area contributed by atoms with Gasteiger partial charge in [0, 0.05) is 18.5 Å². The molecule has 1 aliphatic rings. The Morgan fingerprint density at radius 3 is 2.89 bits per heavy atom. The van der Waals surface area contributed by atoms with Crippen molar-refractivity contribution in [3.05, 3.63) is 39.3 Å². The van der Waals surface area contributed by atoms with Crippen LogP contribution in [-0.4, -0.2) is 41.7 Å². The summed E-state index contributed by atoms with van der Waals surface area (Å²) in [5, 5.41) is 14.4. The highest BCUT2D eigenvalue weighted by atomic mass is 32.1. The van der Waals surface area contributed by atoms with Gasteiger partial charge in [0.15, 0.2) is 17.5 Å². The van der Waals surface area contributed by atoms with Gasteiger partial charge in [0.1, 0.15) is 5.01 Å². The second-order valence-electron chi connectivity index (χ2n) is 6.72. The number of phenolic OH excluding ortho intramolecular Hbond substituents is 1. The minimum atomic E-state index is 0.136. The van der Waals surface area contributed by atoms with Gasteiger partial charge in [-0.3, -0.25) is 0 Å². The molecule has 2 N–H and O–H groups in total. The van der Waals surface area contributed by atoms with Crippen LogP contribution >= 0.6 is 11.3 Å². The maximum Gasteiger partial charge on any atom is 0.194 e. The van der Waals surface area contributed by atoms with Crippen LogP contribution in [0.4, 0.5) is 0 Å². The fraction of sp³-hybridized carbons (Fsp3) is 0.500.